The molecule has 0 saturated heterocycles. The van der Waals surface area contributed by atoms with Crippen molar-refractivity contribution in [3.63, 3.8) is 0 Å². The van der Waals surface area contributed by atoms with Gasteiger partial charge in [0.15, 0.2) is 5.65 Å². The largest absolute Gasteiger partial charge is 0.453 e. The summed E-state index contributed by atoms with van der Waals surface area (Å²) in [5.74, 6) is -0.798. The molecule has 2 rings (SSSR count). The molecule has 0 aliphatic rings. The smallest absolute Gasteiger partial charge is 0.385 e. The molecule has 0 amide bonds. The average molecular weight is 317 g/mol. The zero-order valence-corrected chi connectivity index (χ0v) is 12.6. The predicted octanol–water partition coefficient (Wildman–Crippen LogP) is 2.62. The molecule has 0 aliphatic carbocycles. The van der Waals surface area contributed by atoms with E-state index in [0.29, 0.717) is 23.5 Å². The molecular weight excluding hydrogens is 299 g/mol. The molecule has 0 bridgehead atoms. The van der Waals surface area contributed by atoms with Crippen LogP contribution in [-0.4, -0.2) is 40.1 Å². The van der Waals surface area contributed by atoms with Crippen LogP contribution < -0.4 is 5.32 Å². The van der Waals surface area contributed by atoms with Gasteiger partial charge in [-0.1, -0.05) is 13.8 Å². The number of anilines is 1. The summed E-state index contributed by atoms with van der Waals surface area (Å²) < 4.78 is 44.1. The zero-order valence-electron chi connectivity index (χ0n) is 12.6. The van der Waals surface area contributed by atoms with E-state index in [-0.39, 0.29) is 11.1 Å². The van der Waals surface area contributed by atoms with Gasteiger partial charge in [-0.3, -0.25) is 0 Å². The van der Waals surface area contributed by atoms with E-state index in [1.54, 1.807) is 13.2 Å². The van der Waals surface area contributed by atoms with E-state index in [4.69, 9.17) is 4.74 Å². The second-order valence-corrected chi connectivity index (χ2v) is 5.77. The van der Waals surface area contributed by atoms with E-state index in [1.165, 1.54) is 6.07 Å². The predicted molar refractivity (Wildman–Crippen MR) is 74.5 cm³/mol. The number of nitrogens with zero attached hydrogens (tertiary/aromatic N) is 4. The Hall–Kier alpha value is -1.90. The van der Waals surface area contributed by atoms with Gasteiger partial charge in [-0.05, 0) is 24.0 Å². The van der Waals surface area contributed by atoms with Gasteiger partial charge in [0.25, 0.3) is 5.82 Å². The number of halogens is 3. The molecule has 2 aromatic heterocycles. The molecule has 0 spiro atoms. The molecule has 0 aliphatic heterocycles. The van der Waals surface area contributed by atoms with Gasteiger partial charge in [0.2, 0.25) is 0 Å². The van der Waals surface area contributed by atoms with Crippen LogP contribution in [0.3, 0.4) is 0 Å². The van der Waals surface area contributed by atoms with Crippen molar-refractivity contribution in [2.75, 3.05) is 25.6 Å². The Morgan fingerprint density at radius 1 is 1.23 bits per heavy atom. The topological polar surface area (TPSA) is 64.3 Å². The van der Waals surface area contributed by atoms with Crippen LogP contribution in [0.2, 0.25) is 0 Å². The minimum atomic E-state index is -4.59. The Labute approximate surface area is 125 Å². The molecule has 6 nitrogen and oxygen atoms in total. The fourth-order valence-corrected chi connectivity index (χ4v) is 1.86. The first-order chi connectivity index (χ1) is 10.2. The number of fused-ring (bicyclic) bond motifs is 1. The van der Waals surface area contributed by atoms with Gasteiger partial charge in [-0.2, -0.15) is 17.7 Å². The maximum atomic E-state index is 12.8. The van der Waals surface area contributed by atoms with Crippen molar-refractivity contribution in [1.82, 2.24) is 19.8 Å². The van der Waals surface area contributed by atoms with E-state index < -0.39 is 12.0 Å². The van der Waals surface area contributed by atoms with E-state index in [0.717, 1.165) is 6.42 Å². The number of alkyl halides is 3. The third-order valence-corrected chi connectivity index (χ3v) is 3.25. The minimum absolute atomic E-state index is 0.0523. The number of nitrogens with one attached hydrogen (secondary N) is 1. The standard InChI is InChI=1S/C13H18F3N5O/c1-12(2,6-7-22-3)8-17-9-4-5-10-18-19-11(13(14,15)16)21(10)20-9/h4-5H,6-8H2,1-3H3,(H,17,20). The van der Waals surface area contributed by atoms with Crippen molar-refractivity contribution in [3.05, 3.63) is 18.0 Å². The van der Waals surface area contributed by atoms with E-state index in [2.05, 4.69) is 20.6 Å². The highest BCUT2D eigenvalue weighted by molar-refractivity contribution is 5.44. The second kappa shape index (κ2) is 6.07. The quantitative estimate of drug-likeness (QED) is 0.887. The first kappa shape index (κ1) is 16.5. The zero-order chi connectivity index (χ0) is 16.4. The second-order valence-electron chi connectivity index (χ2n) is 5.77. The van der Waals surface area contributed by atoms with Crippen molar-refractivity contribution in [2.24, 2.45) is 5.41 Å². The van der Waals surface area contributed by atoms with Gasteiger partial charge < -0.3 is 10.1 Å². The molecule has 0 radical (unpaired) electrons. The van der Waals surface area contributed by atoms with E-state index in [9.17, 15) is 13.2 Å². The normalized spacial score (nSPS) is 12.8. The number of methoxy groups -OCH3 is 1. The Morgan fingerprint density at radius 2 is 1.95 bits per heavy atom. The summed E-state index contributed by atoms with van der Waals surface area (Å²) in [6.45, 7) is 5.25. The van der Waals surface area contributed by atoms with Gasteiger partial charge in [-0.25, -0.2) is 0 Å². The molecule has 2 aromatic rings. The lowest BCUT2D eigenvalue weighted by Gasteiger charge is -2.24. The van der Waals surface area contributed by atoms with Crippen molar-refractivity contribution < 1.29 is 17.9 Å². The SMILES string of the molecule is COCCC(C)(C)CNc1ccc2nnc(C(F)(F)F)n2n1. The number of aromatic nitrogens is 4. The molecule has 22 heavy (non-hydrogen) atoms. The number of ether oxygens (including phenoxy) is 1. The van der Waals surface area contributed by atoms with Crippen molar-refractivity contribution >= 4 is 11.5 Å². The number of hydrogen-bond acceptors (Lipinski definition) is 5. The molecule has 0 aromatic carbocycles. The molecular formula is C13H18F3N5O. The van der Waals surface area contributed by atoms with Crippen LogP contribution in [0.5, 0.6) is 0 Å². The highest BCUT2D eigenvalue weighted by Crippen LogP contribution is 2.27. The van der Waals surface area contributed by atoms with Crippen LogP contribution >= 0.6 is 0 Å². The molecule has 2 heterocycles. The van der Waals surface area contributed by atoms with Crippen LogP contribution in [0.1, 0.15) is 26.1 Å². The van der Waals surface area contributed by atoms with Gasteiger partial charge in [0.1, 0.15) is 5.82 Å². The van der Waals surface area contributed by atoms with Gasteiger partial charge in [0, 0.05) is 20.3 Å². The molecule has 0 fully saturated rings. The summed E-state index contributed by atoms with van der Waals surface area (Å²) in [4.78, 5) is 0. The minimum Gasteiger partial charge on any atom is -0.385 e. The fourth-order valence-electron chi connectivity index (χ4n) is 1.86. The number of hydrogen-bond donors (Lipinski definition) is 1. The Bertz CT molecular complexity index is 638. The lowest BCUT2D eigenvalue weighted by molar-refractivity contribution is -0.146. The third-order valence-electron chi connectivity index (χ3n) is 3.25. The summed E-state index contributed by atoms with van der Waals surface area (Å²) in [7, 11) is 1.63. The van der Waals surface area contributed by atoms with Gasteiger partial charge in [-0.15, -0.1) is 15.3 Å². The summed E-state index contributed by atoms with van der Waals surface area (Å²) in [5.41, 5.74) is -0.0244. The maximum absolute atomic E-state index is 12.8. The monoisotopic (exact) mass is 317 g/mol. The van der Waals surface area contributed by atoms with Crippen molar-refractivity contribution in [3.8, 4) is 0 Å². The van der Waals surface area contributed by atoms with Crippen LogP contribution in [-0.2, 0) is 10.9 Å². The Kier molecular flexibility index (Phi) is 4.55. The summed E-state index contributed by atoms with van der Waals surface area (Å²) in [6.07, 6.45) is -3.78. The molecule has 9 heteroatoms. The van der Waals surface area contributed by atoms with Crippen molar-refractivity contribution in [2.45, 2.75) is 26.4 Å². The van der Waals surface area contributed by atoms with Crippen LogP contribution in [0, 0.1) is 5.41 Å². The summed E-state index contributed by atoms with van der Waals surface area (Å²) >= 11 is 0. The van der Waals surface area contributed by atoms with Gasteiger partial charge in [0.05, 0.1) is 0 Å². The Morgan fingerprint density at radius 3 is 2.59 bits per heavy atom. The molecule has 1 N–H and O–H groups in total. The first-order valence-electron chi connectivity index (χ1n) is 6.75. The van der Waals surface area contributed by atoms with E-state index in [1.807, 2.05) is 13.8 Å². The molecule has 0 saturated carbocycles. The Balaban J connectivity index is 2.16. The highest BCUT2D eigenvalue weighted by Gasteiger charge is 2.37. The first-order valence-corrected chi connectivity index (χ1v) is 6.75. The number of rotatable bonds is 6. The molecule has 122 valence electrons. The molecule has 0 atom stereocenters. The third kappa shape index (κ3) is 3.85. The summed E-state index contributed by atoms with van der Waals surface area (Å²) in [5, 5.41) is 13.6. The van der Waals surface area contributed by atoms with E-state index >= 15 is 0 Å². The lowest BCUT2D eigenvalue weighted by atomic mass is 9.90. The lowest BCUT2D eigenvalue weighted by Crippen LogP contribution is -2.25. The van der Waals surface area contributed by atoms with Crippen molar-refractivity contribution in [1.29, 1.82) is 0 Å². The van der Waals surface area contributed by atoms with Crippen LogP contribution in [0.25, 0.3) is 5.65 Å². The molecule has 0 unspecified atom stereocenters. The average Bonchev–Trinajstić information content (AvgIpc) is 2.86. The summed E-state index contributed by atoms with van der Waals surface area (Å²) in [6, 6.07) is 3.02. The highest BCUT2D eigenvalue weighted by atomic mass is 19.4. The van der Waals surface area contributed by atoms with Crippen LogP contribution in [0.4, 0.5) is 19.0 Å². The fraction of sp³-hybridized carbons (Fsp3) is 0.615. The maximum Gasteiger partial charge on any atom is 0.453 e. The van der Waals surface area contributed by atoms with Crippen LogP contribution in [0.15, 0.2) is 12.1 Å². The van der Waals surface area contributed by atoms with Gasteiger partial charge >= 0.3 is 6.18 Å².